The normalized spacial score (nSPS) is 15.5. The number of piperazine rings is 1. The number of carbonyl (C=O) groups is 3. The SMILES string of the molecule is Cc1cccc(NC(=O)CN2C(=O)CNCC2=O)c1. The Morgan fingerprint density at radius 1 is 1.32 bits per heavy atom. The lowest BCUT2D eigenvalue weighted by atomic mass is 10.2. The van der Waals surface area contributed by atoms with Crippen LogP contribution in [-0.4, -0.2) is 42.3 Å². The third-order valence-electron chi connectivity index (χ3n) is 2.76. The number of amides is 3. The molecular formula is C13H15N3O3. The van der Waals surface area contributed by atoms with Crippen LogP contribution in [-0.2, 0) is 14.4 Å². The van der Waals surface area contributed by atoms with Crippen LogP contribution in [0.25, 0.3) is 0 Å². The summed E-state index contributed by atoms with van der Waals surface area (Å²) in [6.07, 6.45) is 0. The molecule has 0 saturated carbocycles. The van der Waals surface area contributed by atoms with Crippen molar-refractivity contribution in [2.24, 2.45) is 0 Å². The van der Waals surface area contributed by atoms with E-state index in [0.717, 1.165) is 10.5 Å². The molecule has 1 aliphatic heterocycles. The molecule has 19 heavy (non-hydrogen) atoms. The van der Waals surface area contributed by atoms with Gasteiger partial charge >= 0.3 is 0 Å². The molecule has 6 heteroatoms. The summed E-state index contributed by atoms with van der Waals surface area (Å²) < 4.78 is 0. The first-order valence-electron chi connectivity index (χ1n) is 5.96. The lowest BCUT2D eigenvalue weighted by Gasteiger charge is -2.24. The van der Waals surface area contributed by atoms with E-state index in [9.17, 15) is 14.4 Å². The summed E-state index contributed by atoms with van der Waals surface area (Å²) >= 11 is 0. The van der Waals surface area contributed by atoms with Crippen molar-refractivity contribution in [3.63, 3.8) is 0 Å². The molecule has 100 valence electrons. The van der Waals surface area contributed by atoms with E-state index in [4.69, 9.17) is 0 Å². The molecular weight excluding hydrogens is 246 g/mol. The molecule has 0 aliphatic carbocycles. The molecule has 0 spiro atoms. The van der Waals surface area contributed by atoms with Gasteiger partial charge in [-0.25, -0.2) is 0 Å². The summed E-state index contributed by atoms with van der Waals surface area (Å²) in [6, 6.07) is 7.32. The zero-order chi connectivity index (χ0) is 13.8. The van der Waals surface area contributed by atoms with Crippen molar-refractivity contribution in [3.8, 4) is 0 Å². The van der Waals surface area contributed by atoms with Crippen LogP contribution < -0.4 is 10.6 Å². The van der Waals surface area contributed by atoms with Crippen molar-refractivity contribution in [2.75, 3.05) is 25.0 Å². The van der Waals surface area contributed by atoms with Crippen LogP contribution in [0, 0.1) is 6.92 Å². The van der Waals surface area contributed by atoms with E-state index in [2.05, 4.69) is 10.6 Å². The topological polar surface area (TPSA) is 78.5 Å². The van der Waals surface area contributed by atoms with Gasteiger partial charge in [0, 0.05) is 5.69 Å². The number of anilines is 1. The number of nitrogens with zero attached hydrogens (tertiary/aromatic N) is 1. The molecule has 3 amide bonds. The number of nitrogens with one attached hydrogen (secondary N) is 2. The fraction of sp³-hybridized carbons (Fsp3) is 0.308. The first-order chi connectivity index (χ1) is 9.06. The number of aryl methyl sites for hydroxylation is 1. The van der Waals surface area contributed by atoms with Crippen LogP contribution in [0.4, 0.5) is 5.69 Å². The van der Waals surface area contributed by atoms with Gasteiger partial charge in [0.1, 0.15) is 6.54 Å². The monoisotopic (exact) mass is 261 g/mol. The van der Waals surface area contributed by atoms with E-state index in [1.54, 1.807) is 6.07 Å². The predicted octanol–water partition coefficient (Wildman–Crippen LogP) is -0.108. The molecule has 0 aromatic heterocycles. The average Bonchev–Trinajstić information content (AvgIpc) is 2.34. The number of hydrogen-bond acceptors (Lipinski definition) is 4. The zero-order valence-corrected chi connectivity index (χ0v) is 10.6. The minimum atomic E-state index is -0.380. The number of rotatable bonds is 3. The third-order valence-corrected chi connectivity index (χ3v) is 2.76. The van der Waals surface area contributed by atoms with Gasteiger partial charge in [-0.1, -0.05) is 12.1 Å². The van der Waals surface area contributed by atoms with E-state index >= 15 is 0 Å². The molecule has 1 aromatic rings. The largest absolute Gasteiger partial charge is 0.325 e. The van der Waals surface area contributed by atoms with Gasteiger partial charge in [0.15, 0.2) is 0 Å². The Balaban J connectivity index is 1.97. The van der Waals surface area contributed by atoms with Gasteiger partial charge in [-0.2, -0.15) is 0 Å². The van der Waals surface area contributed by atoms with Gasteiger partial charge in [-0.05, 0) is 24.6 Å². The van der Waals surface area contributed by atoms with Crippen LogP contribution in [0.3, 0.4) is 0 Å². The van der Waals surface area contributed by atoms with E-state index in [1.807, 2.05) is 25.1 Å². The van der Waals surface area contributed by atoms with Crippen LogP contribution in [0.2, 0.25) is 0 Å². The summed E-state index contributed by atoms with van der Waals surface area (Å²) in [7, 11) is 0. The van der Waals surface area contributed by atoms with Crippen LogP contribution >= 0.6 is 0 Å². The molecule has 0 unspecified atom stereocenters. The smallest absolute Gasteiger partial charge is 0.244 e. The summed E-state index contributed by atoms with van der Waals surface area (Å²) in [5, 5.41) is 5.34. The maximum absolute atomic E-state index is 11.8. The first-order valence-corrected chi connectivity index (χ1v) is 5.96. The molecule has 0 bridgehead atoms. The van der Waals surface area contributed by atoms with Crippen molar-refractivity contribution in [1.82, 2.24) is 10.2 Å². The summed E-state index contributed by atoms with van der Waals surface area (Å²) in [6.45, 7) is 1.85. The summed E-state index contributed by atoms with van der Waals surface area (Å²) in [5.41, 5.74) is 1.67. The van der Waals surface area contributed by atoms with Crippen LogP contribution in [0.15, 0.2) is 24.3 Å². The highest BCUT2D eigenvalue weighted by Gasteiger charge is 2.27. The average molecular weight is 261 g/mol. The van der Waals surface area contributed by atoms with Crippen molar-refractivity contribution >= 4 is 23.4 Å². The molecule has 1 fully saturated rings. The van der Waals surface area contributed by atoms with Crippen LogP contribution in [0.5, 0.6) is 0 Å². The minimum absolute atomic E-state index is 0.0868. The molecule has 1 saturated heterocycles. The van der Waals surface area contributed by atoms with E-state index < -0.39 is 0 Å². The van der Waals surface area contributed by atoms with Crippen LogP contribution in [0.1, 0.15) is 5.56 Å². The zero-order valence-electron chi connectivity index (χ0n) is 10.6. The Labute approximate surface area is 110 Å². The molecule has 0 radical (unpaired) electrons. The van der Waals surface area contributed by atoms with Gasteiger partial charge in [0.05, 0.1) is 13.1 Å². The van der Waals surface area contributed by atoms with Crippen molar-refractivity contribution < 1.29 is 14.4 Å². The number of carbonyl (C=O) groups excluding carboxylic acids is 3. The van der Waals surface area contributed by atoms with Gasteiger partial charge in [0.2, 0.25) is 17.7 Å². The second-order valence-electron chi connectivity index (χ2n) is 4.39. The second-order valence-corrected chi connectivity index (χ2v) is 4.39. The molecule has 2 rings (SSSR count). The number of imide groups is 1. The fourth-order valence-electron chi connectivity index (χ4n) is 1.85. The number of benzene rings is 1. The van der Waals surface area contributed by atoms with Gasteiger partial charge in [0.25, 0.3) is 0 Å². The van der Waals surface area contributed by atoms with E-state index in [1.165, 1.54) is 0 Å². The molecule has 1 heterocycles. The summed E-state index contributed by atoms with van der Waals surface area (Å²) in [4.78, 5) is 35.8. The highest BCUT2D eigenvalue weighted by Crippen LogP contribution is 2.09. The van der Waals surface area contributed by atoms with E-state index in [0.29, 0.717) is 5.69 Å². The fourth-order valence-corrected chi connectivity index (χ4v) is 1.85. The Morgan fingerprint density at radius 2 is 2.00 bits per heavy atom. The predicted molar refractivity (Wildman–Crippen MR) is 69.4 cm³/mol. The van der Waals surface area contributed by atoms with Gasteiger partial charge in [-0.3, -0.25) is 24.6 Å². The molecule has 0 atom stereocenters. The Hall–Kier alpha value is -2.21. The molecule has 1 aromatic carbocycles. The van der Waals surface area contributed by atoms with Gasteiger partial charge < -0.3 is 5.32 Å². The maximum Gasteiger partial charge on any atom is 0.244 e. The van der Waals surface area contributed by atoms with Crippen molar-refractivity contribution in [2.45, 2.75) is 6.92 Å². The number of hydrogen-bond donors (Lipinski definition) is 2. The minimum Gasteiger partial charge on any atom is -0.325 e. The third kappa shape index (κ3) is 3.38. The Bertz CT molecular complexity index is 512. The quantitative estimate of drug-likeness (QED) is 0.744. The highest BCUT2D eigenvalue weighted by molar-refractivity contribution is 6.04. The molecule has 2 N–H and O–H groups in total. The Kier molecular flexibility index (Phi) is 3.91. The highest BCUT2D eigenvalue weighted by atomic mass is 16.2. The standard InChI is InChI=1S/C13H15N3O3/c1-9-3-2-4-10(5-9)15-11(17)8-16-12(18)6-14-7-13(16)19/h2-5,14H,6-8H2,1H3,(H,15,17). The maximum atomic E-state index is 11.8. The second kappa shape index (κ2) is 5.62. The summed E-state index contributed by atoms with van der Waals surface area (Å²) in [5.74, 6) is -1.14. The first kappa shape index (κ1) is 13.2. The van der Waals surface area contributed by atoms with Crippen molar-refractivity contribution in [1.29, 1.82) is 0 Å². The van der Waals surface area contributed by atoms with E-state index in [-0.39, 0.29) is 37.4 Å². The molecule has 1 aliphatic rings. The lowest BCUT2D eigenvalue weighted by molar-refractivity contribution is -0.148. The van der Waals surface area contributed by atoms with Crippen molar-refractivity contribution in [3.05, 3.63) is 29.8 Å². The Morgan fingerprint density at radius 3 is 2.63 bits per heavy atom. The molecule has 6 nitrogen and oxygen atoms in total. The lowest BCUT2D eigenvalue weighted by Crippen LogP contribution is -2.54. The van der Waals surface area contributed by atoms with Gasteiger partial charge in [-0.15, -0.1) is 0 Å².